The van der Waals surface area contributed by atoms with Gasteiger partial charge in [0.25, 0.3) is 0 Å². The van der Waals surface area contributed by atoms with Gasteiger partial charge in [0.2, 0.25) is 5.13 Å². The summed E-state index contributed by atoms with van der Waals surface area (Å²) in [5.41, 5.74) is 0.275. The fraction of sp³-hybridized carbons (Fsp3) is 0.250. The number of carbonyl (C=O) groups is 1. The Morgan fingerprint density at radius 1 is 1.38 bits per heavy atom. The maximum atomic E-state index is 13.7. The quantitative estimate of drug-likeness (QED) is 0.247. The van der Waals surface area contributed by atoms with Crippen molar-refractivity contribution < 1.29 is 19.0 Å². The van der Waals surface area contributed by atoms with E-state index in [2.05, 4.69) is 15.0 Å². The van der Waals surface area contributed by atoms with Crippen molar-refractivity contribution in [2.45, 2.75) is 20.8 Å². The summed E-state index contributed by atoms with van der Waals surface area (Å²) in [5.74, 6) is -2.39. The first-order chi connectivity index (χ1) is 12.2. The van der Waals surface area contributed by atoms with Gasteiger partial charge in [0.15, 0.2) is 11.0 Å². The van der Waals surface area contributed by atoms with Crippen molar-refractivity contribution in [3.63, 3.8) is 0 Å². The second-order valence-electron chi connectivity index (χ2n) is 4.98. The number of aliphatic hydroxyl groups is 1. The average Bonchev–Trinajstić information content (AvgIpc) is 2.89. The molecule has 0 unspecified atom stereocenters. The van der Waals surface area contributed by atoms with Crippen LogP contribution in [0.3, 0.4) is 0 Å². The molecule has 6 nitrogen and oxygen atoms in total. The third-order valence-corrected chi connectivity index (χ3v) is 4.75. The van der Waals surface area contributed by atoms with Gasteiger partial charge in [-0.25, -0.2) is 24.1 Å². The zero-order valence-corrected chi connectivity index (χ0v) is 16.3. The molecule has 2 aromatic rings. The van der Waals surface area contributed by atoms with Crippen LogP contribution in [0, 0.1) is 19.7 Å². The molecule has 0 aliphatic heterocycles. The number of hydrogen-bond donors (Lipinski definition) is 1. The van der Waals surface area contributed by atoms with Crippen LogP contribution in [-0.4, -0.2) is 33.9 Å². The second kappa shape index (κ2) is 8.57. The lowest BCUT2D eigenvalue weighted by Gasteiger charge is -2.08. The highest BCUT2D eigenvalue weighted by molar-refractivity contribution is 7.15. The first-order valence-corrected chi connectivity index (χ1v) is 8.92. The molecule has 0 aromatic carbocycles. The van der Waals surface area contributed by atoms with Crippen molar-refractivity contribution in [3.8, 4) is 0 Å². The number of nitrogens with zero attached hydrogens (tertiary/aromatic N) is 3. The number of ether oxygens (including phenoxy) is 1. The molecule has 0 fully saturated rings. The zero-order chi connectivity index (χ0) is 19.4. The normalized spacial score (nSPS) is 12.4. The van der Waals surface area contributed by atoms with Crippen molar-refractivity contribution in [1.82, 2.24) is 9.97 Å². The predicted octanol–water partition coefficient (Wildman–Crippen LogP) is 4.84. The number of hydrogen-bond acceptors (Lipinski definition) is 7. The second-order valence-corrected chi connectivity index (χ2v) is 6.88. The van der Waals surface area contributed by atoms with Crippen molar-refractivity contribution in [1.29, 1.82) is 0 Å². The van der Waals surface area contributed by atoms with Gasteiger partial charge in [-0.1, -0.05) is 34.5 Å². The minimum absolute atomic E-state index is 0.0693. The molecule has 2 aromatic heterocycles. The van der Waals surface area contributed by atoms with E-state index in [1.165, 1.54) is 11.3 Å². The molecular weight excluding hydrogens is 404 g/mol. The number of rotatable bonds is 5. The largest absolute Gasteiger partial charge is 0.506 e. The summed E-state index contributed by atoms with van der Waals surface area (Å²) in [6.45, 7) is 5.38. The summed E-state index contributed by atoms with van der Waals surface area (Å²) in [5, 5.41) is 10.1. The number of pyridine rings is 1. The molecule has 2 heterocycles. The molecule has 0 saturated heterocycles. The maximum absolute atomic E-state index is 13.7. The molecule has 0 aliphatic carbocycles. The topological polar surface area (TPSA) is 84.7 Å². The van der Waals surface area contributed by atoms with E-state index in [-0.39, 0.29) is 22.9 Å². The Morgan fingerprint density at radius 3 is 2.65 bits per heavy atom. The molecule has 0 atom stereocenters. The number of aryl methyl sites for hydroxylation is 2. The van der Waals surface area contributed by atoms with Gasteiger partial charge in [0.1, 0.15) is 16.5 Å². The van der Waals surface area contributed by atoms with E-state index in [9.17, 15) is 14.3 Å². The van der Waals surface area contributed by atoms with Crippen LogP contribution in [-0.2, 0) is 9.53 Å². The lowest BCUT2D eigenvalue weighted by molar-refractivity contribution is -0.137. The number of esters is 1. The molecule has 10 heteroatoms. The molecule has 0 spiro atoms. The summed E-state index contributed by atoms with van der Waals surface area (Å²) >= 11 is 12.8. The van der Waals surface area contributed by atoms with Crippen molar-refractivity contribution in [2.24, 2.45) is 4.99 Å². The van der Waals surface area contributed by atoms with Crippen LogP contribution >= 0.6 is 34.5 Å². The van der Waals surface area contributed by atoms with Crippen LogP contribution in [0.5, 0.6) is 0 Å². The molecule has 0 radical (unpaired) electrons. The Labute approximate surface area is 163 Å². The number of thiazole rings is 1. The van der Waals surface area contributed by atoms with Gasteiger partial charge in [0.05, 0.1) is 17.9 Å². The summed E-state index contributed by atoms with van der Waals surface area (Å²) < 4.78 is 18.6. The predicted molar refractivity (Wildman–Crippen MR) is 100 cm³/mol. The van der Waals surface area contributed by atoms with Gasteiger partial charge in [-0.05, 0) is 26.8 Å². The molecule has 0 saturated carbocycles. The molecule has 0 amide bonds. The van der Waals surface area contributed by atoms with Crippen molar-refractivity contribution in [3.05, 3.63) is 43.9 Å². The minimum atomic E-state index is -0.899. The number of halogens is 3. The number of aliphatic imine (C=N–C) groups is 1. The summed E-state index contributed by atoms with van der Waals surface area (Å²) in [7, 11) is 0. The Balaban J connectivity index is 2.54. The Bertz CT molecular complexity index is 893. The highest BCUT2D eigenvalue weighted by Crippen LogP contribution is 2.28. The average molecular weight is 418 g/mol. The van der Waals surface area contributed by atoms with Crippen LogP contribution in [0.2, 0.25) is 10.3 Å². The molecule has 138 valence electrons. The number of aromatic nitrogens is 2. The van der Waals surface area contributed by atoms with Crippen LogP contribution in [0.15, 0.2) is 16.6 Å². The monoisotopic (exact) mass is 417 g/mol. The standard InChI is InChI=1S/C16H14Cl2FN3O3S/c1-4-25-15(24)10(6-20-16-21-7(2)8(3)26-16)12(23)9-5-11(19)14(18)22-13(9)17/h5-6,23H,4H2,1-3H3/b12-10-,20-6+. The SMILES string of the molecule is CCOC(=O)C(/C=N/c1nc(C)c(C)s1)=C(\O)c1cc(F)c(Cl)nc1Cl. The molecule has 1 N–H and O–H groups in total. The van der Waals surface area contributed by atoms with Crippen LogP contribution in [0.1, 0.15) is 23.1 Å². The lowest BCUT2D eigenvalue weighted by Crippen LogP contribution is -2.11. The maximum Gasteiger partial charge on any atom is 0.343 e. The molecule has 26 heavy (non-hydrogen) atoms. The number of carbonyl (C=O) groups excluding carboxylic acids is 1. The fourth-order valence-electron chi connectivity index (χ4n) is 1.81. The highest BCUT2D eigenvalue weighted by atomic mass is 35.5. The van der Waals surface area contributed by atoms with E-state index in [1.54, 1.807) is 6.92 Å². The fourth-order valence-corrected chi connectivity index (χ4v) is 2.97. The first kappa shape index (κ1) is 20.3. The molecule has 0 aliphatic rings. The van der Waals surface area contributed by atoms with Gasteiger partial charge in [-0.3, -0.25) is 0 Å². The van der Waals surface area contributed by atoms with E-state index in [1.807, 2.05) is 13.8 Å². The van der Waals surface area contributed by atoms with Gasteiger partial charge in [0, 0.05) is 11.1 Å². The van der Waals surface area contributed by atoms with E-state index in [0.29, 0.717) is 5.13 Å². The molecule has 2 rings (SSSR count). The minimum Gasteiger partial charge on any atom is -0.506 e. The lowest BCUT2D eigenvalue weighted by atomic mass is 10.1. The van der Waals surface area contributed by atoms with E-state index < -0.39 is 22.7 Å². The molecular formula is C16H14Cl2FN3O3S. The smallest absolute Gasteiger partial charge is 0.343 e. The summed E-state index contributed by atoms with van der Waals surface area (Å²) in [6.07, 6.45) is 1.09. The third-order valence-electron chi connectivity index (χ3n) is 3.21. The Kier molecular flexibility index (Phi) is 6.69. The van der Waals surface area contributed by atoms with Crippen LogP contribution in [0.4, 0.5) is 9.52 Å². The Hall–Kier alpha value is -2.03. The van der Waals surface area contributed by atoms with Crippen LogP contribution < -0.4 is 0 Å². The van der Waals surface area contributed by atoms with Gasteiger partial charge < -0.3 is 9.84 Å². The van der Waals surface area contributed by atoms with Crippen molar-refractivity contribution in [2.75, 3.05) is 6.61 Å². The van der Waals surface area contributed by atoms with E-state index >= 15 is 0 Å². The Morgan fingerprint density at radius 2 is 2.08 bits per heavy atom. The van der Waals surface area contributed by atoms with Gasteiger partial charge >= 0.3 is 5.97 Å². The summed E-state index contributed by atoms with van der Waals surface area (Å²) in [6, 6.07) is 0.873. The first-order valence-electron chi connectivity index (χ1n) is 7.35. The van der Waals surface area contributed by atoms with E-state index in [0.717, 1.165) is 22.9 Å². The van der Waals surface area contributed by atoms with Crippen molar-refractivity contribution >= 4 is 57.6 Å². The van der Waals surface area contributed by atoms with Crippen LogP contribution in [0.25, 0.3) is 5.76 Å². The zero-order valence-electron chi connectivity index (χ0n) is 14.0. The van der Waals surface area contributed by atoms with Gasteiger partial charge in [-0.2, -0.15) is 0 Å². The molecule has 0 bridgehead atoms. The highest BCUT2D eigenvalue weighted by Gasteiger charge is 2.21. The number of aliphatic hydroxyl groups excluding tert-OH is 1. The third kappa shape index (κ3) is 4.57. The summed E-state index contributed by atoms with van der Waals surface area (Å²) in [4.78, 5) is 25.0. The van der Waals surface area contributed by atoms with E-state index in [4.69, 9.17) is 27.9 Å². The van der Waals surface area contributed by atoms with Gasteiger partial charge in [-0.15, -0.1) is 0 Å².